The molecule has 0 aromatic heterocycles. The van der Waals surface area contributed by atoms with E-state index in [-0.39, 0.29) is 17.4 Å². The fraction of sp³-hybridized carbons (Fsp3) is 0.409. The Labute approximate surface area is 163 Å². The lowest BCUT2D eigenvalue weighted by Crippen LogP contribution is -2.63. The molecule has 1 aliphatic carbocycles. The molecule has 1 amide bonds. The number of benzene rings is 2. The van der Waals surface area contributed by atoms with Crippen molar-refractivity contribution in [2.75, 3.05) is 12.0 Å². The second-order valence-electron chi connectivity index (χ2n) is 7.40. The number of anilines is 1. The van der Waals surface area contributed by atoms with Crippen LogP contribution < -0.4 is 9.64 Å². The van der Waals surface area contributed by atoms with Crippen LogP contribution in [0.3, 0.4) is 0 Å². The van der Waals surface area contributed by atoms with Crippen molar-refractivity contribution in [1.29, 1.82) is 0 Å². The molecule has 0 N–H and O–H groups in total. The van der Waals surface area contributed by atoms with Gasteiger partial charge < -0.3 is 9.64 Å². The van der Waals surface area contributed by atoms with Crippen LogP contribution in [0.5, 0.6) is 5.75 Å². The van der Waals surface area contributed by atoms with Crippen molar-refractivity contribution < 1.29 is 9.53 Å². The molecule has 1 unspecified atom stereocenters. The SMILES string of the molecule is COc1ccc(N2C(=O)C3(CCCCCC3)C2c2ccc(Br)cc2)cc1. The maximum atomic E-state index is 13.4. The molecule has 2 aromatic carbocycles. The fourth-order valence-electron chi connectivity index (χ4n) is 4.62. The lowest BCUT2D eigenvalue weighted by molar-refractivity contribution is -0.141. The summed E-state index contributed by atoms with van der Waals surface area (Å²) >= 11 is 3.53. The molecule has 2 aliphatic rings. The van der Waals surface area contributed by atoms with Gasteiger partial charge in [0.05, 0.1) is 18.6 Å². The van der Waals surface area contributed by atoms with Crippen LogP contribution in [-0.2, 0) is 4.79 Å². The monoisotopic (exact) mass is 413 g/mol. The third-order valence-electron chi connectivity index (χ3n) is 5.96. The van der Waals surface area contributed by atoms with Crippen molar-refractivity contribution >= 4 is 27.5 Å². The van der Waals surface area contributed by atoms with E-state index in [9.17, 15) is 4.79 Å². The zero-order chi connectivity index (χ0) is 18.1. The van der Waals surface area contributed by atoms with E-state index in [1.807, 2.05) is 29.2 Å². The molecule has 1 saturated heterocycles. The summed E-state index contributed by atoms with van der Waals surface area (Å²) in [7, 11) is 1.66. The minimum Gasteiger partial charge on any atom is -0.497 e. The van der Waals surface area contributed by atoms with Crippen molar-refractivity contribution in [2.45, 2.75) is 44.6 Å². The highest BCUT2D eigenvalue weighted by atomic mass is 79.9. The van der Waals surface area contributed by atoms with Crippen LogP contribution in [0.15, 0.2) is 53.0 Å². The number of methoxy groups -OCH3 is 1. The van der Waals surface area contributed by atoms with Gasteiger partial charge in [-0.2, -0.15) is 0 Å². The van der Waals surface area contributed by atoms with Crippen LogP contribution in [0.4, 0.5) is 5.69 Å². The van der Waals surface area contributed by atoms with Crippen molar-refractivity contribution in [3.63, 3.8) is 0 Å². The highest BCUT2D eigenvalue weighted by molar-refractivity contribution is 9.10. The maximum absolute atomic E-state index is 13.4. The van der Waals surface area contributed by atoms with Gasteiger partial charge in [0.25, 0.3) is 0 Å². The summed E-state index contributed by atoms with van der Waals surface area (Å²) in [5.41, 5.74) is 1.95. The van der Waals surface area contributed by atoms with E-state index >= 15 is 0 Å². The van der Waals surface area contributed by atoms with Gasteiger partial charge in [0, 0.05) is 10.2 Å². The Hall–Kier alpha value is -1.81. The Morgan fingerprint density at radius 3 is 2.15 bits per heavy atom. The summed E-state index contributed by atoms with van der Waals surface area (Å²) < 4.78 is 6.34. The molecule has 1 aliphatic heterocycles. The molecule has 1 atom stereocenters. The summed E-state index contributed by atoms with van der Waals surface area (Å²) in [6.07, 6.45) is 6.78. The number of ether oxygens (including phenoxy) is 1. The third-order valence-corrected chi connectivity index (χ3v) is 6.49. The number of β-lactam (4-membered cyclic amide) rings is 1. The third kappa shape index (κ3) is 2.84. The number of hydrogen-bond donors (Lipinski definition) is 0. The Balaban J connectivity index is 1.74. The van der Waals surface area contributed by atoms with Gasteiger partial charge in [0.15, 0.2) is 0 Å². The first-order valence-electron chi connectivity index (χ1n) is 9.39. The number of carbonyl (C=O) groups is 1. The zero-order valence-corrected chi connectivity index (χ0v) is 16.7. The van der Waals surface area contributed by atoms with Crippen LogP contribution in [0.1, 0.15) is 50.1 Å². The van der Waals surface area contributed by atoms with E-state index in [1.165, 1.54) is 18.4 Å². The number of rotatable bonds is 3. The molecule has 0 radical (unpaired) electrons. The molecule has 4 rings (SSSR count). The zero-order valence-electron chi connectivity index (χ0n) is 15.1. The standard InChI is InChI=1S/C22H24BrNO2/c1-26-19-12-10-18(11-13-19)24-20(16-6-8-17(23)9-7-16)22(21(24)25)14-4-2-3-5-15-22/h6-13,20H,2-5,14-15H2,1H3. The number of amides is 1. The van der Waals surface area contributed by atoms with Gasteiger partial charge in [0.2, 0.25) is 5.91 Å². The molecule has 1 spiro atoms. The molecule has 4 heteroatoms. The van der Waals surface area contributed by atoms with Crippen LogP contribution in [0, 0.1) is 5.41 Å². The van der Waals surface area contributed by atoms with Crippen molar-refractivity contribution in [3.8, 4) is 5.75 Å². The predicted octanol–water partition coefficient (Wildman–Crippen LogP) is 5.89. The van der Waals surface area contributed by atoms with Crippen LogP contribution in [0.25, 0.3) is 0 Å². The maximum Gasteiger partial charge on any atom is 0.236 e. The molecule has 1 heterocycles. The fourth-order valence-corrected chi connectivity index (χ4v) is 4.89. The number of carbonyl (C=O) groups excluding carboxylic acids is 1. The van der Waals surface area contributed by atoms with Crippen molar-refractivity contribution in [2.24, 2.45) is 5.41 Å². The van der Waals surface area contributed by atoms with Gasteiger partial charge in [-0.05, 0) is 54.8 Å². The van der Waals surface area contributed by atoms with E-state index in [1.54, 1.807) is 7.11 Å². The normalized spacial score (nSPS) is 22.0. The number of halogens is 1. The van der Waals surface area contributed by atoms with E-state index in [0.717, 1.165) is 41.6 Å². The Morgan fingerprint density at radius 1 is 0.962 bits per heavy atom. The average Bonchev–Trinajstić information content (AvgIpc) is 2.95. The minimum absolute atomic E-state index is 0.120. The van der Waals surface area contributed by atoms with E-state index in [4.69, 9.17) is 4.74 Å². The van der Waals surface area contributed by atoms with Crippen LogP contribution >= 0.6 is 15.9 Å². The van der Waals surface area contributed by atoms with Crippen LogP contribution in [0.2, 0.25) is 0 Å². The molecule has 136 valence electrons. The second kappa shape index (κ2) is 7.07. The van der Waals surface area contributed by atoms with Gasteiger partial charge in [-0.1, -0.05) is 53.7 Å². The molecular weight excluding hydrogens is 390 g/mol. The van der Waals surface area contributed by atoms with Crippen LogP contribution in [-0.4, -0.2) is 13.0 Å². The summed E-state index contributed by atoms with van der Waals surface area (Å²) in [4.78, 5) is 15.4. The van der Waals surface area contributed by atoms with Gasteiger partial charge in [0.1, 0.15) is 5.75 Å². The van der Waals surface area contributed by atoms with E-state index < -0.39 is 0 Å². The molecule has 26 heavy (non-hydrogen) atoms. The van der Waals surface area contributed by atoms with Gasteiger partial charge >= 0.3 is 0 Å². The molecule has 1 saturated carbocycles. The lowest BCUT2D eigenvalue weighted by Gasteiger charge is -2.56. The minimum atomic E-state index is -0.232. The number of hydrogen-bond acceptors (Lipinski definition) is 2. The quantitative estimate of drug-likeness (QED) is 0.587. The summed E-state index contributed by atoms with van der Waals surface area (Å²) in [6.45, 7) is 0. The van der Waals surface area contributed by atoms with E-state index in [0.29, 0.717) is 0 Å². The second-order valence-corrected chi connectivity index (χ2v) is 8.31. The summed E-state index contributed by atoms with van der Waals surface area (Å²) in [5, 5.41) is 0. The highest BCUT2D eigenvalue weighted by Gasteiger charge is 2.60. The van der Waals surface area contributed by atoms with Gasteiger partial charge in [-0.25, -0.2) is 0 Å². The predicted molar refractivity (Wildman–Crippen MR) is 107 cm³/mol. The Bertz CT molecular complexity index is 777. The van der Waals surface area contributed by atoms with Crippen molar-refractivity contribution in [1.82, 2.24) is 0 Å². The average molecular weight is 414 g/mol. The molecule has 0 bridgehead atoms. The highest BCUT2D eigenvalue weighted by Crippen LogP contribution is 2.58. The topological polar surface area (TPSA) is 29.5 Å². The lowest BCUT2D eigenvalue weighted by atomic mass is 9.63. The van der Waals surface area contributed by atoms with Crippen molar-refractivity contribution in [3.05, 3.63) is 58.6 Å². The molecular formula is C22H24BrNO2. The molecule has 2 aromatic rings. The Kier molecular flexibility index (Phi) is 4.78. The first kappa shape index (κ1) is 17.6. The smallest absolute Gasteiger partial charge is 0.236 e. The molecule has 3 nitrogen and oxygen atoms in total. The van der Waals surface area contributed by atoms with Gasteiger partial charge in [-0.3, -0.25) is 4.79 Å². The number of nitrogens with zero attached hydrogens (tertiary/aromatic N) is 1. The summed E-state index contributed by atoms with van der Waals surface area (Å²) in [5.74, 6) is 1.10. The largest absolute Gasteiger partial charge is 0.497 e. The van der Waals surface area contributed by atoms with E-state index in [2.05, 4.69) is 40.2 Å². The first-order valence-corrected chi connectivity index (χ1v) is 10.2. The molecule has 2 fully saturated rings. The Morgan fingerprint density at radius 2 is 1.58 bits per heavy atom. The summed E-state index contributed by atoms with van der Waals surface area (Å²) in [6, 6.07) is 16.4. The first-order chi connectivity index (χ1) is 12.7. The van der Waals surface area contributed by atoms with Gasteiger partial charge in [-0.15, -0.1) is 0 Å².